The molecule has 2 aromatic carbocycles. The quantitative estimate of drug-likeness (QED) is 0.595. The van der Waals surface area contributed by atoms with Gasteiger partial charge < -0.3 is 14.7 Å². The number of carboxylic acids is 1. The summed E-state index contributed by atoms with van der Waals surface area (Å²) in [6.07, 6.45) is -3.84. The summed E-state index contributed by atoms with van der Waals surface area (Å²) in [4.78, 5) is 25.7. The Kier molecular flexibility index (Phi) is 7.28. The molecule has 1 amide bonds. The molecule has 0 aromatic heterocycles. The summed E-state index contributed by atoms with van der Waals surface area (Å²) >= 11 is 0. The van der Waals surface area contributed by atoms with Crippen LogP contribution in [0.2, 0.25) is 0 Å². The molecule has 4 rings (SSSR count). The lowest BCUT2D eigenvalue weighted by Crippen LogP contribution is -2.50. The second-order valence-corrected chi connectivity index (χ2v) is 10.7. The summed E-state index contributed by atoms with van der Waals surface area (Å²) in [5.41, 5.74) is 1.96. The smallest absolute Gasteiger partial charge is 0.481 e. The molecule has 2 aromatic rings. The van der Waals surface area contributed by atoms with E-state index in [-0.39, 0.29) is 55.6 Å². The summed E-state index contributed by atoms with van der Waals surface area (Å²) in [7, 11) is -3.85. The lowest BCUT2D eigenvalue weighted by atomic mass is 10.1. The third-order valence-corrected chi connectivity index (χ3v) is 8.47. The van der Waals surface area contributed by atoms with Crippen LogP contribution in [0, 0.1) is 5.92 Å². The first-order valence-electron chi connectivity index (χ1n) is 11.4. The second-order valence-electron chi connectivity index (χ2n) is 8.81. The summed E-state index contributed by atoms with van der Waals surface area (Å²) < 4.78 is 68.6. The first-order chi connectivity index (χ1) is 16.9. The SMILES string of the molecule is O=C(O)C1Cc2cccc(S(=O)(=O)N3CCN(C(=O)CCc4ccc(OC(F)(F)F)cc4)CC3)c2C1. The first kappa shape index (κ1) is 26.0. The molecule has 1 aliphatic heterocycles. The third-order valence-electron chi connectivity index (χ3n) is 6.49. The average molecular weight is 527 g/mol. The van der Waals surface area contributed by atoms with Crippen molar-refractivity contribution in [3.63, 3.8) is 0 Å². The van der Waals surface area contributed by atoms with Gasteiger partial charge in [0.25, 0.3) is 0 Å². The molecular weight excluding hydrogens is 501 g/mol. The summed E-state index contributed by atoms with van der Waals surface area (Å²) in [6, 6.07) is 10.2. The topological polar surface area (TPSA) is 104 Å². The molecule has 0 radical (unpaired) electrons. The molecule has 0 spiro atoms. The zero-order chi connectivity index (χ0) is 26.1. The highest BCUT2D eigenvalue weighted by molar-refractivity contribution is 7.89. The number of carbonyl (C=O) groups excluding carboxylic acids is 1. The zero-order valence-corrected chi connectivity index (χ0v) is 20.0. The predicted octanol–water partition coefficient (Wildman–Crippen LogP) is 2.85. The molecule has 1 fully saturated rings. The zero-order valence-electron chi connectivity index (χ0n) is 19.2. The van der Waals surface area contributed by atoms with Crippen molar-refractivity contribution >= 4 is 21.9 Å². The maximum atomic E-state index is 13.3. The van der Waals surface area contributed by atoms with Gasteiger partial charge in [0.2, 0.25) is 15.9 Å². The Labute approximate surface area is 206 Å². The van der Waals surface area contributed by atoms with Gasteiger partial charge >= 0.3 is 12.3 Å². The van der Waals surface area contributed by atoms with Gasteiger partial charge in [0.15, 0.2) is 0 Å². The normalized spacial score (nSPS) is 18.6. The fraction of sp³-hybridized carbons (Fsp3) is 0.417. The Balaban J connectivity index is 1.32. The molecule has 36 heavy (non-hydrogen) atoms. The van der Waals surface area contributed by atoms with E-state index in [9.17, 15) is 36.3 Å². The van der Waals surface area contributed by atoms with E-state index in [1.165, 1.54) is 34.6 Å². The minimum absolute atomic E-state index is 0.115. The molecule has 1 unspecified atom stereocenters. The lowest BCUT2D eigenvalue weighted by Gasteiger charge is -2.34. The Morgan fingerprint density at radius 3 is 2.28 bits per heavy atom. The summed E-state index contributed by atoms with van der Waals surface area (Å²) in [5.74, 6) is -2.10. The fourth-order valence-corrected chi connectivity index (χ4v) is 6.32. The second kappa shape index (κ2) is 10.1. The number of carboxylic acid groups (broad SMARTS) is 1. The van der Waals surface area contributed by atoms with Crippen LogP contribution in [0.3, 0.4) is 0 Å². The molecule has 1 heterocycles. The molecule has 8 nitrogen and oxygen atoms in total. The molecule has 1 N–H and O–H groups in total. The van der Waals surface area contributed by atoms with Crippen molar-refractivity contribution < 1.29 is 41.0 Å². The lowest BCUT2D eigenvalue weighted by molar-refractivity contribution is -0.274. The van der Waals surface area contributed by atoms with E-state index in [0.717, 1.165) is 5.56 Å². The highest BCUT2D eigenvalue weighted by Gasteiger charge is 2.36. The molecule has 1 aliphatic carbocycles. The molecule has 0 bridgehead atoms. The van der Waals surface area contributed by atoms with Crippen LogP contribution in [0.5, 0.6) is 5.75 Å². The molecular formula is C24H25F3N2O6S. The van der Waals surface area contributed by atoms with Crippen molar-refractivity contribution in [2.24, 2.45) is 5.92 Å². The van der Waals surface area contributed by atoms with Crippen LogP contribution >= 0.6 is 0 Å². The maximum absolute atomic E-state index is 13.3. The molecule has 1 atom stereocenters. The van der Waals surface area contributed by atoms with Gasteiger partial charge in [-0.15, -0.1) is 13.2 Å². The number of aryl methyl sites for hydroxylation is 1. The number of rotatable bonds is 7. The number of sulfonamides is 1. The Morgan fingerprint density at radius 2 is 1.67 bits per heavy atom. The van der Waals surface area contributed by atoms with E-state index in [4.69, 9.17) is 0 Å². The number of benzene rings is 2. The van der Waals surface area contributed by atoms with Crippen molar-refractivity contribution in [3.8, 4) is 5.75 Å². The fourth-order valence-electron chi connectivity index (χ4n) is 4.62. The Bertz CT molecular complexity index is 1240. The van der Waals surface area contributed by atoms with Gasteiger partial charge in [-0.05, 0) is 54.2 Å². The number of carbonyl (C=O) groups is 2. The van der Waals surface area contributed by atoms with E-state index >= 15 is 0 Å². The van der Waals surface area contributed by atoms with Gasteiger partial charge in [-0.25, -0.2) is 8.42 Å². The Morgan fingerprint density at radius 1 is 1.00 bits per heavy atom. The van der Waals surface area contributed by atoms with Crippen LogP contribution in [0.4, 0.5) is 13.2 Å². The summed E-state index contributed by atoms with van der Waals surface area (Å²) in [6.45, 7) is 0.652. The monoisotopic (exact) mass is 526 g/mol. The predicted molar refractivity (Wildman–Crippen MR) is 122 cm³/mol. The van der Waals surface area contributed by atoms with Gasteiger partial charge in [-0.1, -0.05) is 24.3 Å². The van der Waals surface area contributed by atoms with Crippen LogP contribution in [0.25, 0.3) is 0 Å². The van der Waals surface area contributed by atoms with Crippen LogP contribution in [-0.4, -0.2) is 67.1 Å². The number of piperazine rings is 1. The van der Waals surface area contributed by atoms with E-state index in [2.05, 4.69) is 4.74 Å². The number of ether oxygens (including phenoxy) is 1. The number of hydrogen-bond donors (Lipinski definition) is 1. The largest absolute Gasteiger partial charge is 0.573 e. The highest BCUT2D eigenvalue weighted by Crippen LogP contribution is 2.33. The number of halogens is 3. The van der Waals surface area contributed by atoms with Crippen molar-refractivity contribution in [2.75, 3.05) is 26.2 Å². The van der Waals surface area contributed by atoms with Crippen molar-refractivity contribution in [2.45, 2.75) is 36.9 Å². The van der Waals surface area contributed by atoms with E-state index in [1.54, 1.807) is 17.0 Å². The van der Waals surface area contributed by atoms with Crippen LogP contribution < -0.4 is 4.74 Å². The molecule has 0 saturated carbocycles. The first-order valence-corrected chi connectivity index (χ1v) is 12.8. The van der Waals surface area contributed by atoms with Crippen molar-refractivity contribution in [3.05, 3.63) is 59.2 Å². The molecule has 1 saturated heterocycles. The van der Waals surface area contributed by atoms with Gasteiger partial charge in [-0.2, -0.15) is 4.31 Å². The van der Waals surface area contributed by atoms with Crippen molar-refractivity contribution in [1.82, 2.24) is 9.21 Å². The Hall–Kier alpha value is -3.12. The van der Waals surface area contributed by atoms with E-state index in [0.29, 0.717) is 24.0 Å². The number of nitrogens with zero attached hydrogens (tertiary/aromatic N) is 2. The van der Waals surface area contributed by atoms with Gasteiger partial charge in [0.05, 0.1) is 10.8 Å². The standard InChI is InChI=1S/C24H25F3N2O6S/c25-24(26,27)35-19-7-4-16(5-8-19)6-9-22(30)28-10-12-29(13-11-28)36(33,34)21-3-1-2-17-14-18(23(31)32)15-20(17)21/h1-5,7-8,18H,6,9-15H2,(H,31,32). The average Bonchev–Trinajstić information content (AvgIpc) is 3.27. The van der Waals surface area contributed by atoms with Crippen LogP contribution in [-0.2, 0) is 38.9 Å². The van der Waals surface area contributed by atoms with Crippen LogP contribution in [0.15, 0.2) is 47.4 Å². The van der Waals surface area contributed by atoms with E-state index in [1.807, 2.05) is 0 Å². The summed E-state index contributed by atoms with van der Waals surface area (Å²) in [5, 5.41) is 9.33. The van der Waals surface area contributed by atoms with Gasteiger partial charge in [0.1, 0.15) is 5.75 Å². The number of amides is 1. The third kappa shape index (κ3) is 5.81. The van der Waals surface area contributed by atoms with E-state index < -0.39 is 28.3 Å². The van der Waals surface area contributed by atoms with Crippen molar-refractivity contribution in [1.29, 1.82) is 0 Å². The number of alkyl halides is 3. The van der Waals surface area contributed by atoms with Gasteiger partial charge in [0, 0.05) is 32.6 Å². The molecule has 194 valence electrons. The minimum atomic E-state index is -4.77. The highest BCUT2D eigenvalue weighted by atomic mass is 32.2. The minimum Gasteiger partial charge on any atom is -0.481 e. The molecule has 12 heteroatoms. The van der Waals surface area contributed by atoms with Gasteiger partial charge in [-0.3, -0.25) is 9.59 Å². The van der Waals surface area contributed by atoms with Crippen LogP contribution in [0.1, 0.15) is 23.1 Å². The molecule has 2 aliphatic rings. The number of fused-ring (bicyclic) bond motifs is 1. The number of hydrogen-bond acceptors (Lipinski definition) is 5. The number of aliphatic carboxylic acids is 1. The maximum Gasteiger partial charge on any atom is 0.573 e.